The second-order valence-corrected chi connectivity index (χ2v) is 6.52. The lowest BCUT2D eigenvalue weighted by Crippen LogP contribution is -2.48. The molecule has 2 heterocycles. The zero-order valence-corrected chi connectivity index (χ0v) is 13.2. The zero-order valence-electron chi connectivity index (χ0n) is 13.2. The van der Waals surface area contributed by atoms with Crippen molar-refractivity contribution in [3.8, 4) is 0 Å². The number of nitrogens with zero attached hydrogens (tertiary/aromatic N) is 2. The molecule has 2 aliphatic rings. The molecular formula is C16H33N3. The Bertz CT molecular complexity index is 250. The summed E-state index contributed by atoms with van der Waals surface area (Å²) in [4.78, 5) is 5.45. The summed E-state index contributed by atoms with van der Waals surface area (Å²) >= 11 is 0. The summed E-state index contributed by atoms with van der Waals surface area (Å²) in [6.07, 6.45) is 6.89. The van der Waals surface area contributed by atoms with Crippen LogP contribution in [0.5, 0.6) is 0 Å². The smallest absolute Gasteiger partial charge is 0.0235 e. The van der Waals surface area contributed by atoms with Crippen molar-refractivity contribution in [2.45, 2.75) is 71.0 Å². The molecule has 0 aliphatic carbocycles. The predicted molar refractivity (Wildman–Crippen MR) is 82.6 cm³/mol. The van der Waals surface area contributed by atoms with Crippen molar-refractivity contribution in [1.29, 1.82) is 0 Å². The van der Waals surface area contributed by atoms with Crippen LogP contribution in [-0.2, 0) is 0 Å². The maximum atomic E-state index is 3.65. The molecule has 0 aromatic rings. The Labute approximate surface area is 119 Å². The Balaban J connectivity index is 1.76. The van der Waals surface area contributed by atoms with E-state index in [1.807, 2.05) is 0 Å². The standard InChI is InChI=1S/C16H33N3/c1-4-9-17-14(2)15(3)19-12-8-16(13-19)18-10-6-5-7-11-18/h14-17H,4-13H2,1-3H3. The molecule has 2 aliphatic heterocycles. The molecule has 3 atom stereocenters. The average molecular weight is 267 g/mol. The van der Waals surface area contributed by atoms with E-state index in [1.165, 1.54) is 58.3 Å². The van der Waals surface area contributed by atoms with Crippen LogP contribution >= 0.6 is 0 Å². The van der Waals surface area contributed by atoms with Crippen molar-refractivity contribution in [2.75, 3.05) is 32.7 Å². The number of piperidine rings is 1. The fraction of sp³-hybridized carbons (Fsp3) is 1.00. The molecule has 0 radical (unpaired) electrons. The second-order valence-electron chi connectivity index (χ2n) is 6.52. The van der Waals surface area contributed by atoms with Gasteiger partial charge >= 0.3 is 0 Å². The van der Waals surface area contributed by atoms with Gasteiger partial charge in [0.1, 0.15) is 0 Å². The van der Waals surface area contributed by atoms with Crippen LogP contribution in [0.25, 0.3) is 0 Å². The van der Waals surface area contributed by atoms with Crippen LogP contribution in [0, 0.1) is 0 Å². The summed E-state index contributed by atoms with van der Waals surface area (Å²) in [5.74, 6) is 0. The van der Waals surface area contributed by atoms with E-state index in [9.17, 15) is 0 Å². The van der Waals surface area contributed by atoms with E-state index < -0.39 is 0 Å². The van der Waals surface area contributed by atoms with Crippen molar-refractivity contribution in [3.63, 3.8) is 0 Å². The third-order valence-corrected chi connectivity index (χ3v) is 5.12. The van der Waals surface area contributed by atoms with E-state index in [0.717, 1.165) is 12.6 Å². The van der Waals surface area contributed by atoms with Gasteiger partial charge in [-0.3, -0.25) is 9.80 Å². The van der Waals surface area contributed by atoms with Gasteiger partial charge in [0.05, 0.1) is 0 Å². The first-order valence-electron chi connectivity index (χ1n) is 8.44. The highest BCUT2D eigenvalue weighted by Crippen LogP contribution is 2.22. The van der Waals surface area contributed by atoms with Crippen LogP contribution in [-0.4, -0.2) is 60.6 Å². The average Bonchev–Trinajstić information content (AvgIpc) is 2.94. The number of hydrogen-bond donors (Lipinski definition) is 1. The summed E-state index contributed by atoms with van der Waals surface area (Å²) < 4.78 is 0. The molecule has 3 heteroatoms. The molecule has 1 N–H and O–H groups in total. The van der Waals surface area contributed by atoms with Gasteiger partial charge in [-0.25, -0.2) is 0 Å². The van der Waals surface area contributed by atoms with Crippen molar-refractivity contribution in [3.05, 3.63) is 0 Å². The van der Waals surface area contributed by atoms with Crippen molar-refractivity contribution >= 4 is 0 Å². The molecule has 2 fully saturated rings. The summed E-state index contributed by atoms with van der Waals surface area (Å²) in [5, 5.41) is 3.65. The summed E-state index contributed by atoms with van der Waals surface area (Å²) in [6.45, 7) is 13.4. The van der Waals surface area contributed by atoms with E-state index in [0.29, 0.717) is 12.1 Å². The minimum Gasteiger partial charge on any atom is -0.313 e. The maximum absolute atomic E-state index is 3.65. The largest absolute Gasteiger partial charge is 0.313 e. The van der Waals surface area contributed by atoms with Gasteiger partial charge in [0, 0.05) is 31.2 Å². The second kappa shape index (κ2) is 7.61. The first-order valence-corrected chi connectivity index (χ1v) is 8.44. The van der Waals surface area contributed by atoms with Crippen LogP contribution in [0.4, 0.5) is 0 Å². The van der Waals surface area contributed by atoms with Crippen molar-refractivity contribution in [2.24, 2.45) is 0 Å². The normalized spacial score (nSPS) is 29.5. The molecule has 0 saturated carbocycles. The zero-order chi connectivity index (χ0) is 13.7. The summed E-state index contributed by atoms with van der Waals surface area (Å²) in [6, 6.07) is 2.11. The lowest BCUT2D eigenvalue weighted by atomic mass is 10.1. The Morgan fingerprint density at radius 3 is 2.53 bits per heavy atom. The van der Waals surface area contributed by atoms with Crippen molar-refractivity contribution in [1.82, 2.24) is 15.1 Å². The lowest BCUT2D eigenvalue weighted by Gasteiger charge is -2.34. The lowest BCUT2D eigenvalue weighted by molar-refractivity contribution is 0.147. The van der Waals surface area contributed by atoms with Crippen molar-refractivity contribution < 1.29 is 0 Å². The Kier molecular flexibility index (Phi) is 6.11. The molecule has 0 spiro atoms. The molecule has 0 amide bonds. The fourth-order valence-electron chi connectivity index (χ4n) is 3.58. The number of nitrogens with one attached hydrogen (secondary N) is 1. The molecule has 0 aromatic heterocycles. The molecule has 2 rings (SSSR count). The Hall–Kier alpha value is -0.120. The number of likely N-dealkylation sites (tertiary alicyclic amines) is 2. The van der Waals surface area contributed by atoms with E-state index in [1.54, 1.807) is 0 Å². The maximum Gasteiger partial charge on any atom is 0.0235 e. The molecule has 0 bridgehead atoms. The van der Waals surface area contributed by atoms with Gasteiger partial charge in [-0.15, -0.1) is 0 Å². The van der Waals surface area contributed by atoms with Gasteiger partial charge in [0.2, 0.25) is 0 Å². The highest BCUT2D eigenvalue weighted by Gasteiger charge is 2.32. The Morgan fingerprint density at radius 2 is 1.84 bits per heavy atom. The van der Waals surface area contributed by atoms with E-state index >= 15 is 0 Å². The van der Waals surface area contributed by atoms with Gasteiger partial charge < -0.3 is 5.32 Å². The van der Waals surface area contributed by atoms with Gasteiger partial charge in [-0.05, 0) is 59.2 Å². The Morgan fingerprint density at radius 1 is 1.11 bits per heavy atom. The number of hydrogen-bond acceptors (Lipinski definition) is 3. The van der Waals surface area contributed by atoms with Crippen LogP contribution < -0.4 is 5.32 Å². The number of rotatable bonds is 6. The summed E-state index contributed by atoms with van der Waals surface area (Å²) in [5.41, 5.74) is 0. The molecule has 19 heavy (non-hydrogen) atoms. The van der Waals surface area contributed by atoms with Crippen LogP contribution in [0.1, 0.15) is 52.9 Å². The minimum absolute atomic E-state index is 0.611. The van der Waals surface area contributed by atoms with Crippen LogP contribution in [0.15, 0.2) is 0 Å². The monoisotopic (exact) mass is 267 g/mol. The van der Waals surface area contributed by atoms with Gasteiger partial charge in [-0.2, -0.15) is 0 Å². The van der Waals surface area contributed by atoms with E-state index in [4.69, 9.17) is 0 Å². The topological polar surface area (TPSA) is 18.5 Å². The van der Waals surface area contributed by atoms with Crippen LogP contribution in [0.2, 0.25) is 0 Å². The first-order chi connectivity index (χ1) is 9.22. The highest BCUT2D eigenvalue weighted by molar-refractivity contribution is 4.89. The summed E-state index contributed by atoms with van der Waals surface area (Å²) in [7, 11) is 0. The van der Waals surface area contributed by atoms with Crippen LogP contribution in [0.3, 0.4) is 0 Å². The van der Waals surface area contributed by atoms with Gasteiger partial charge in [-0.1, -0.05) is 13.3 Å². The SMILES string of the molecule is CCCNC(C)C(C)N1CCC(N2CCCCC2)C1. The quantitative estimate of drug-likeness (QED) is 0.797. The first kappa shape index (κ1) is 15.3. The minimum atomic E-state index is 0.611. The molecule has 0 aromatic carbocycles. The van der Waals surface area contributed by atoms with E-state index in [-0.39, 0.29) is 0 Å². The highest BCUT2D eigenvalue weighted by atomic mass is 15.3. The van der Waals surface area contributed by atoms with E-state index in [2.05, 4.69) is 35.9 Å². The fourth-order valence-corrected chi connectivity index (χ4v) is 3.58. The molecule has 112 valence electrons. The molecule has 3 unspecified atom stereocenters. The molecular weight excluding hydrogens is 234 g/mol. The third-order valence-electron chi connectivity index (χ3n) is 5.12. The third kappa shape index (κ3) is 4.17. The van der Waals surface area contributed by atoms with Gasteiger partial charge in [0.25, 0.3) is 0 Å². The molecule has 3 nitrogen and oxygen atoms in total. The molecule has 2 saturated heterocycles. The van der Waals surface area contributed by atoms with Gasteiger partial charge in [0.15, 0.2) is 0 Å². The predicted octanol–water partition coefficient (Wildman–Crippen LogP) is 2.32.